The average molecular weight is 296 g/mol. The van der Waals surface area contributed by atoms with Gasteiger partial charge in [-0.2, -0.15) is 5.10 Å². The van der Waals surface area contributed by atoms with Gasteiger partial charge >= 0.3 is 0 Å². The van der Waals surface area contributed by atoms with Gasteiger partial charge in [0.25, 0.3) is 11.5 Å². The molecule has 22 heavy (non-hydrogen) atoms. The predicted molar refractivity (Wildman–Crippen MR) is 81.1 cm³/mol. The maximum Gasteiger partial charge on any atom is 0.276 e. The molecule has 2 aromatic heterocycles. The van der Waals surface area contributed by atoms with Gasteiger partial charge in [-0.15, -0.1) is 0 Å². The number of nitrogens with zero attached hydrogens (tertiary/aromatic N) is 2. The molecule has 0 unspecified atom stereocenters. The maximum atomic E-state index is 12.3. The van der Waals surface area contributed by atoms with Crippen LogP contribution in [0.15, 0.2) is 47.4 Å². The second-order valence-electron chi connectivity index (χ2n) is 4.49. The van der Waals surface area contributed by atoms with E-state index < -0.39 is 5.91 Å². The summed E-state index contributed by atoms with van der Waals surface area (Å²) in [6.45, 7) is 0. The van der Waals surface area contributed by atoms with Gasteiger partial charge in [0.05, 0.1) is 24.4 Å². The molecule has 0 bridgehead atoms. The van der Waals surface area contributed by atoms with Crippen molar-refractivity contribution in [3.05, 3.63) is 58.6 Å². The van der Waals surface area contributed by atoms with Gasteiger partial charge in [-0.25, -0.2) is 10.1 Å². The Labute approximate surface area is 125 Å². The van der Waals surface area contributed by atoms with Gasteiger partial charge < -0.3 is 10.1 Å². The van der Waals surface area contributed by atoms with Crippen LogP contribution in [0.2, 0.25) is 0 Å². The fourth-order valence-electron chi connectivity index (χ4n) is 2.05. The van der Waals surface area contributed by atoms with Crippen LogP contribution in [0.25, 0.3) is 10.8 Å². The van der Waals surface area contributed by atoms with Crippen molar-refractivity contribution in [3.8, 4) is 5.88 Å². The summed E-state index contributed by atoms with van der Waals surface area (Å²) >= 11 is 0. The SMILES string of the molecule is COc1ccc(NC(=O)c2n[nH]c(=O)c3ccccc23)cn1. The first-order chi connectivity index (χ1) is 10.7. The lowest BCUT2D eigenvalue weighted by molar-refractivity contribution is 0.102. The Morgan fingerprint density at radius 1 is 1.18 bits per heavy atom. The zero-order valence-electron chi connectivity index (χ0n) is 11.7. The molecule has 0 saturated carbocycles. The van der Waals surface area contributed by atoms with Gasteiger partial charge in [0.1, 0.15) is 0 Å². The van der Waals surface area contributed by atoms with E-state index in [-0.39, 0.29) is 11.3 Å². The molecule has 1 aromatic carbocycles. The highest BCUT2D eigenvalue weighted by molar-refractivity contribution is 6.10. The molecule has 0 fully saturated rings. The number of aromatic amines is 1. The van der Waals surface area contributed by atoms with Crippen LogP contribution in [0.3, 0.4) is 0 Å². The lowest BCUT2D eigenvalue weighted by Crippen LogP contribution is -2.19. The van der Waals surface area contributed by atoms with E-state index in [9.17, 15) is 9.59 Å². The highest BCUT2D eigenvalue weighted by atomic mass is 16.5. The number of amides is 1. The number of pyridine rings is 1. The third-order valence-corrected chi connectivity index (χ3v) is 3.11. The topological polar surface area (TPSA) is 97.0 Å². The van der Waals surface area contributed by atoms with Crippen molar-refractivity contribution in [1.29, 1.82) is 0 Å². The maximum absolute atomic E-state index is 12.3. The number of hydrogen-bond acceptors (Lipinski definition) is 5. The third-order valence-electron chi connectivity index (χ3n) is 3.11. The van der Waals surface area contributed by atoms with E-state index in [2.05, 4.69) is 20.5 Å². The number of rotatable bonds is 3. The van der Waals surface area contributed by atoms with Gasteiger partial charge in [-0.05, 0) is 12.1 Å². The molecule has 0 aliphatic carbocycles. The number of methoxy groups -OCH3 is 1. The van der Waals surface area contributed by atoms with Gasteiger partial charge in [-0.1, -0.05) is 18.2 Å². The van der Waals surface area contributed by atoms with E-state index >= 15 is 0 Å². The summed E-state index contributed by atoms with van der Waals surface area (Å²) in [7, 11) is 1.51. The van der Waals surface area contributed by atoms with Crippen molar-refractivity contribution in [1.82, 2.24) is 15.2 Å². The summed E-state index contributed by atoms with van der Waals surface area (Å²) in [6, 6.07) is 10.1. The van der Waals surface area contributed by atoms with Crippen molar-refractivity contribution in [2.75, 3.05) is 12.4 Å². The molecule has 2 N–H and O–H groups in total. The van der Waals surface area contributed by atoms with E-state index in [0.717, 1.165) is 0 Å². The van der Waals surface area contributed by atoms with Crippen molar-refractivity contribution in [2.45, 2.75) is 0 Å². The van der Waals surface area contributed by atoms with Crippen molar-refractivity contribution in [2.24, 2.45) is 0 Å². The molecule has 0 aliphatic rings. The molecule has 1 amide bonds. The van der Waals surface area contributed by atoms with Gasteiger partial charge in [0.2, 0.25) is 5.88 Å². The molecular formula is C15H12N4O3. The lowest BCUT2D eigenvalue weighted by atomic mass is 10.1. The Morgan fingerprint density at radius 3 is 2.64 bits per heavy atom. The lowest BCUT2D eigenvalue weighted by Gasteiger charge is -2.07. The number of carbonyl (C=O) groups excluding carboxylic acids is 1. The predicted octanol–water partition coefficient (Wildman–Crippen LogP) is 1.58. The summed E-state index contributed by atoms with van der Waals surface area (Å²) < 4.78 is 4.95. The molecule has 0 saturated heterocycles. The standard InChI is InChI=1S/C15H12N4O3/c1-22-12-7-6-9(8-16-12)17-15(21)13-10-4-2-3-5-11(10)14(20)19-18-13/h2-8H,1H3,(H,17,21)(H,19,20). The van der Waals surface area contributed by atoms with Gasteiger partial charge in [-0.3, -0.25) is 9.59 Å². The molecule has 7 heteroatoms. The first kappa shape index (κ1) is 13.7. The van der Waals surface area contributed by atoms with Crippen LogP contribution in [0, 0.1) is 0 Å². The van der Waals surface area contributed by atoms with Crippen LogP contribution in [0.4, 0.5) is 5.69 Å². The summed E-state index contributed by atoms with van der Waals surface area (Å²) in [6.07, 6.45) is 1.48. The van der Waals surface area contributed by atoms with Crippen LogP contribution in [-0.4, -0.2) is 28.2 Å². The summed E-state index contributed by atoms with van der Waals surface area (Å²) in [4.78, 5) is 28.1. The molecule has 0 spiro atoms. The quantitative estimate of drug-likeness (QED) is 0.764. The third kappa shape index (κ3) is 2.51. The molecule has 3 rings (SSSR count). The van der Waals surface area contributed by atoms with Crippen LogP contribution >= 0.6 is 0 Å². The Balaban J connectivity index is 1.95. The molecule has 0 radical (unpaired) electrons. The van der Waals surface area contributed by atoms with Gasteiger partial charge in [0, 0.05) is 11.5 Å². The Bertz CT molecular complexity index is 887. The number of ether oxygens (including phenoxy) is 1. The zero-order valence-corrected chi connectivity index (χ0v) is 11.7. The summed E-state index contributed by atoms with van der Waals surface area (Å²) in [5.41, 5.74) is 0.312. The molecule has 7 nitrogen and oxygen atoms in total. The van der Waals surface area contributed by atoms with E-state index in [0.29, 0.717) is 22.3 Å². The van der Waals surface area contributed by atoms with Crippen molar-refractivity contribution in [3.63, 3.8) is 0 Å². The minimum absolute atomic E-state index is 0.144. The van der Waals surface area contributed by atoms with E-state index in [1.165, 1.54) is 13.3 Å². The number of benzene rings is 1. The number of H-pyrrole nitrogens is 1. The van der Waals surface area contributed by atoms with Crippen molar-refractivity contribution < 1.29 is 9.53 Å². The molecule has 0 aliphatic heterocycles. The van der Waals surface area contributed by atoms with Crippen molar-refractivity contribution >= 4 is 22.4 Å². The molecule has 3 aromatic rings. The fourth-order valence-corrected chi connectivity index (χ4v) is 2.05. The minimum Gasteiger partial charge on any atom is -0.481 e. The average Bonchev–Trinajstić information content (AvgIpc) is 2.56. The first-order valence-corrected chi connectivity index (χ1v) is 6.48. The Hall–Kier alpha value is -3.22. The number of fused-ring (bicyclic) bond motifs is 1. The zero-order chi connectivity index (χ0) is 15.5. The van der Waals surface area contributed by atoms with E-state index in [1.54, 1.807) is 36.4 Å². The van der Waals surface area contributed by atoms with Crippen LogP contribution in [-0.2, 0) is 0 Å². The molecule has 2 heterocycles. The van der Waals surface area contributed by atoms with Crippen LogP contribution in [0.1, 0.15) is 10.5 Å². The number of hydrogen-bond donors (Lipinski definition) is 2. The summed E-state index contributed by atoms with van der Waals surface area (Å²) in [5.74, 6) is 0.0185. The normalized spacial score (nSPS) is 10.4. The number of nitrogens with one attached hydrogen (secondary N) is 2. The van der Waals surface area contributed by atoms with Gasteiger partial charge in [0.15, 0.2) is 5.69 Å². The molecule has 110 valence electrons. The van der Waals surface area contributed by atoms with Crippen LogP contribution in [0.5, 0.6) is 5.88 Å². The number of carbonyl (C=O) groups is 1. The highest BCUT2D eigenvalue weighted by Gasteiger charge is 2.14. The largest absolute Gasteiger partial charge is 0.481 e. The smallest absolute Gasteiger partial charge is 0.276 e. The second-order valence-corrected chi connectivity index (χ2v) is 4.49. The van der Waals surface area contributed by atoms with Crippen LogP contribution < -0.4 is 15.6 Å². The molecular weight excluding hydrogens is 284 g/mol. The Morgan fingerprint density at radius 2 is 1.95 bits per heavy atom. The fraction of sp³-hybridized carbons (Fsp3) is 0.0667. The Kier molecular flexibility index (Phi) is 3.53. The monoisotopic (exact) mass is 296 g/mol. The minimum atomic E-state index is -0.431. The van der Waals surface area contributed by atoms with E-state index in [4.69, 9.17) is 4.74 Å². The van der Waals surface area contributed by atoms with E-state index in [1.807, 2.05) is 0 Å². The number of aromatic nitrogens is 3. The second kappa shape index (κ2) is 5.65. The number of anilines is 1. The highest BCUT2D eigenvalue weighted by Crippen LogP contribution is 2.15. The first-order valence-electron chi connectivity index (χ1n) is 6.48. The molecule has 0 atom stereocenters. The summed E-state index contributed by atoms with van der Waals surface area (Å²) in [5, 5.41) is 9.75.